The van der Waals surface area contributed by atoms with Crippen LogP contribution in [0.4, 0.5) is 0 Å². The molecule has 1 aliphatic heterocycles. The molecule has 1 saturated heterocycles. The zero-order valence-electron chi connectivity index (χ0n) is 10.2. The van der Waals surface area contributed by atoms with Crippen molar-refractivity contribution in [3.05, 3.63) is 29.6 Å². The first-order valence-corrected chi connectivity index (χ1v) is 6.53. The van der Waals surface area contributed by atoms with Crippen LogP contribution in [0.5, 0.6) is 0 Å². The van der Waals surface area contributed by atoms with Crippen LogP contribution < -0.4 is 5.32 Å². The molecule has 1 aromatic heterocycles. The van der Waals surface area contributed by atoms with Crippen LogP contribution in [-0.4, -0.2) is 18.1 Å². The third-order valence-electron chi connectivity index (χ3n) is 3.56. The van der Waals surface area contributed by atoms with E-state index in [1.54, 1.807) is 0 Å². The Morgan fingerprint density at radius 1 is 1.31 bits per heavy atom. The van der Waals surface area contributed by atoms with Gasteiger partial charge in [-0.1, -0.05) is 13.0 Å². The fourth-order valence-corrected chi connectivity index (χ4v) is 2.33. The van der Waals surface area contributed by atoms with E-state index in [1.807, 2.05) is 6.20 Å². The lowest BCUT2D eigenvalue weighted by Gasteiger charge is -2.22. The number of hydrogen-bond donors (Lipinski definition) is 1. The summed E-state index contributed by atoms with van der Waals surface area (Å²) in [6.07, 6.45) is 8.24. The van der Waals surface area contributed by atoms with Gasteiger partial charge in [-0.25, -0.2) is 0 Å². The van der Waals surface area contributed by atoms with Gasteiger partial charge in [0.2, 0.25) is 0 Å². The summed E-state index contributed by atoms with van der Waals surface area (Å²) in [5, 5.41) is 3.41. The number of piperidine rings is 1. The highest BCUT2D eigenvalue weighted by Gasteiger charge is 2.12. The largest absolute Gasteiger partial charge is 0.317 e. The summed E-state index contributed by atoms with van der Waals surface area (Å²) < 4.78 is 0. The Labute approximate surface area is 98.5 Å². The molecule has 1 fully saturated rings. The fraction of sp³-hybridized carbons (Fsp3) is 0.643. The molecule has 1 aromatic rings. The van der Waals surface area contributed by atoms with Gasteiger partial charge in [0, 0.05) is 11.9 Å². The van der Waals surface area contributed by atoms with Gasteiger partial charge in [-0.15, -0.1) is 0 Å². The maximum atomic E-state index is 4.52. The predicted molar refractivity (Wildman–Crippen MR) is 67.5 cm³/mol. The van der Waals surface area contributed by atoms with Crippen LogP contribution in [0.2, 0.25) is 0 Å². The lowest BCUT2D eigenvalue weighted by Crippen LogP contribution is -2.27. The topological polar surface area (TPSA) is 24.9 Å². The Balaban J connectivity index is 1.79. The van der Waals surface area contributed by atoms with Crippen molar-refractivity contribution >= 4 is 0 Å². The second-order valence-electron chi connectivity index (χ2n) is 4.74. The highest BCUT2D eigenvalue weighted by atomic mass is 14.9. The third kappa shape index (κ3) is 3.31. The van der Waals surface area contributed by atoms with Crippen LogP contribution in [0.15, 0.2) is 18.3 Å². The van der Waals surface area contributed by atoms with E-state index in [9.17, 15) is 0 Å². The van der Waals surface area contributed by atoms with Crippen molar-refractivity contribution in [3.8, 4) is 0 Å². The molecule has 0 amide bonds. The van der Waals surface area contributed by atoms with Crippen molar-refractivity contribution in [2.45, 2.75) is 39.0 Å². The summed E-state index contributed by atoms with van der Waals surface area (Å²) in [6, 6.07) is 4.41. The molecule has 2 rings (SSSR count). The molecule has 1 aliphatic rings. The summed E-state index contributed by atoms with van der Waals surface area (Å²) in [4.78, 5) is 4.52. The second kappa shape index (κ2) is 6.00. The Morgan fingerprint density at radius 3 is 2.75 bits per heavy atom. The SMILES string of the molecule is CCc1ccc(CCC2CCNCC2)nc1. The van der Waals surface area contributed by atoms with E-state index in [1.165, 1.54) is 43.6 Å². The fourth-order valence-electron chi connectivity index (χ4n) is 2.33. The van der Waals surface area contributed by atoms with Crippen LogP contribution in [-0.2, 0) is 12.8 Å². The maximum Gasteiger partial charge on any atom is 0.0403 e. The summed E-state index contributed by atoms with van der Waals surface area (Å²) in [7, 11) is 0. The molecule has 2 nitrogen and oxygen atoms in total. The second-order valence-corrected chi connectivity index (χ2v) is 4.74. The number of nitrogens with one attached hydrogen (secondary N) is 1. The average Bonchev–Trinajstić information content (AvgIpc) is 2.38. The highest BCUT2D eigenvalue weighted by molar-refractivity contribution is 5.13. The lowest BCUT2D eigenvalue weighted by molar-refractivity contribution is 0.353. The van der Waals surface area contributed by atoms with Crippen molar-refractivity contribution in [2.75, 3.05) is 13.1 Å². The minimum absolute atomic E-state index is 0.911. The van der Waals surface area contributed by atoms with Crippen LogP contribution in [0, 0.1) is 5.92 Å². The summed E-state index contributed by atoms with van der Waals surface area (Å²) in [5.41, 5.74) is 2.60. The zero-order valence-corrected chi connectivity index (χ0v) is 10.2. The van der Waals surface area contributed by atoms with Gasteiger partial charge in [0.1, 0.15) is 0 Å². The van der Waals surface area contributed by atoms with Crippen molar-refractivity contribution in [1.29, 1.82) is 0 Å². The number of nitrogens with zero attached hydrogens (tertiary/aromatic N) is 1. The Hall–Kier alpha value is -0.890. The molecular formula is C14H22N2. The maximum absolute atomic E-state index is 4.52. The molecule has 0 saturated carbocycles. The van der Waals surface area contributed by atoms with Crippen LogP contribution in [0.3, 0.4) is 0 Å². The van der Waals surface area contributed by atoms with Gasteiger partial charge < -0.3 is 5.32 Å². The van der Waals surface area contributed by atoms with Crippen molar-refractivity contribution in [1.82, 2.24) is 10.3 Å². The Morgan fingerprint density at radius 2 is 2.12 bits per heavy atom. The Bertz CT molecular complexity index is 299. The van der Waals surface area contributed by atoms with E-state index >= 15 is 0 Å². The molecule has 1 N–H and O–H groups in total. The van der Waals surface area contributed by atoms with E-state index in [0.29, 0.717) is 0 Å². The number of hydrogen-bond acceptors (Lipinski definition) is 2. The van der Waals surface area contributed by atoms with Crippen LogP contribution in [0.25, 0.3) is 0 Å². The molecule has 0 unspecified atom stereocenters. The molecule has 0 aromatic carbocycles. The van der Waals surface area contributed by atoms with Gasteiger partial charge in [0.25, 0.3) is 0 Å². The summed E-state index contributed by atoms with van der Waals surface area (Å²) in [5.74, 6) is 0.911. The minimum Gasteiger partial charge on any atom is -0.317 e. The molecule has 16 heavy (non-hydrogen) atoms. The van der Waals surface area contributed by atoms with Crippen molar-refractivity contribution in [3.63, 3.8) is 0 Å². The Kier molecular flexibility index (Phi) is 4.34. The van der Waals surface area contributed by atoms with E-state index in [4.69, 9.17) is 0 Å². The van der Waals surface area contributed by atoms with Gasteiger partial charge in [-0.05, 0) is 62.7 Å². The average molecular weight is 218 g/mol. The van der Waals surface area contributed by atoms with Gasteiger partial charge in [0.15, 0.2) is 0 Å². The molecule has 0 atom stereocenters. The van der Waals surface area contributed by atoms with E-state index in [2.05, 4.69) is 29.4 Å². The molecule has 0 aliphatic carbocycles. The zero-order chi connectivity index (χ0) is 11.2. The predicted octanol–water partition coefficient (Wildman–Crippen LogP) is 2.58. The van der Waals surface area contributed by atoms with E-state index in [-0.39, 0.29) is 0 Å². The summed E-state index contributed by atoms with van der Waals surface area (Å²) >= 11 is 0. The number of aryl methyl sites for hydroxylation is 2. The van der Waals surface area contributed by atoms with Gasteiger partial charge >= 0.3 is 0 Å². The van der Waals surface area contributed by atoms with Crippen LogP contribution in [0.1, 0.15) is 37.4 Å². The number of pyridine rings is 1. The molecule has 0 spiro atoms. The number of aromatic nitrogens is 1. The van der Waals surface area contributed by atoms with E-state index < -0.39 is 0 Å². The van der Waals surface area contributed by atoms with Crippen molar-refractivity contribution in [2.24, 2.45) is 5.92 Å². The summed E-state index contributed by atoms with van der Waals surface area (Å²) in [6.45, 7) is 4.57. The monoisotopic (exact) mass is 218 g/mol. The van der Waals surface area contributed by atoms with Gasteiger partial charge in [-0.2, -0.15) is 0 Å². The molecular weight excluding hydrogens is 196 g/mol. The van der Waals surface area contributed by atoms with Crippen molar-refractivity contribution < 1.29 is 0 Å². The first-order chi connectivity index (χ1) is 7.88. The normalized spacial score (nSPS) is 17.6. The van der Waals surface area contributed by atoms with Gasteiger partial charge in [-0.3, -0.25) is 4.98 Å². The molecule has 0 radical (unpaired) electrons. The highest BCUT2D eigenvalue weighted by Crippen LogP contribution is 2.18. The molecule has 2 heterocycles. The first kappa shape index (κ1) is 11.6. The lowest BCUT2D eigenvalue weighted by atomic mass is 9.92. The standard InChI is InChI=1S/C14H22N2/c1-2-12-3-5-14(16-11-12)6-4-13-7-9-15-10-8-13/h3,5,11,13,15H,2,4,6-10H2,1H3. The quantitative estimate of drug-likeness (QED) is 0.840. The smallest absolute Gasteiger partial charge is 0.0403 e. The molecule has 2 heteroatoms. The number of rotatable bonds is 4. The van der Waals surface area contributed by atoms with Crippen LogP contribution >= 0.6 is 0 Å². The third-order valence-corrected chi connectivity index (χ3v) is 3.56. The molecule has 88 valence electrons. The molecule has 0 bridgehead atoms. The van der Waals surface area contributed by atoms with E-state index in [0.717, 1.165) is 18.8 Å². The first-order valence-electron chi connectivity index (χ1n) is 6.53. The minimum atomic E-state index is 0.911. The van der Waals surface area contributed by atoms with Gasteiger partial charge in [0.05, 0.1) is 0 Å².